The number of hydrogen-bond acceptors (Lipinski definition) is 5. The molecule has 1 aromatic heterocycles. The maximum Gasteiger partial charge on any atom is 0.331 e. The predicted molar refractivity (Wildman–Crippen MR) is 111 cm³/mol. The van der Waals surface area contributed by atoms with Crippen molar-refractivity contribution in [1.29, 1.82) is 5.26 Å². The number of carbonyl (C=O) groups is 2. The summed E-state index contributed by atoms with van der Waals surface area (Å²) in [7, 11) is 0. The van der Waals surface area contributed by atoms with Gasteiger partial charge in [0.25, 0.3) is 5.91 Å². The van der Waals surface area contributed by atoms with Crippen molar-refractivity contribution in [3.05, 3.63) is 77.0 Å². The smallest absolute Gasteiger partial charge is 0.331 e. The lowest BCUT2D eigenvalue weighted by atomic mass is 10.1. The van der Waals surface area contributed by atoms with Crippen LogP contribution in [0.25, 0.3) is 17.0 Å². The number of ether oxygens (including phenoxy) is 1. The third-order valence-electron chi connectivity index (χ3n) is 4.08. The number of anilines is 1. The number of carbonyl (C=O) groups excluding carboxylic acids is 2. The topological polar surface area (TPSA) is 92.1 Å². The second kappa shape index (κ2) is 9.00. The standard InChI is InChI=1S/C22H16ClN3O3/c1-14(22(28)26-18-9-7-17(13-24)19(23)12-18)29-20(27)10-8-16-5-2-4-15-6-3-11-25-21(15)16/h2-12,14H,1H3,(H,26,28). The first-order valence-electron chi connectivity index (χ1n) is 8.71. The van der Waals surface area contributed by atoms with Crippen LogP contribution in [0.5, 0.6) is 0 Å². The monoisotopic (exact) mass is 405 g/mol. The first-order chi connectivity index (χ1) is 14.0. The van der Waals surface area contributed by atoms with Crippen LogP contribution in [-0.2, 0) is 14.3 Å². The van der Waals surface area contributed by atoms with Crippen molar-refractivity contribution >= 4 is 46.1 Å². The minimum absolute atomic E-state index is 0.224. The molecule has 1 atom stereocenters. The highest BCUT2D eigenvalue weighted by Gasteiger charge is 2.17. The van der Waals surface area contributed by atoms with Gasteiger partial charge in [-0.3, -0.25) is 9.78 Å². The lowest BCUT2D eigenvalue weighted by Crippen LogP contribution is -2.29. The van der Waals surface area contributed by atoms with Crippen LogP contribution in [0.4, 0.5) is 5.69 Å². The lowest BCUT2D eigenvalue weighted by molar-refractivity contribution is -0.148. The molecule has 0 spiro atoms. The van der Waals surface area contributed by atoms with Crippen molar-refractivity contribution in [3.63, 3.8) is 0 Å². The molecule has 3 rings (SSSR count). The van der Waals surface area contributed by atoms with Crippen LogP contribution in [0.15, 0.2) is 60.8 Å². The fourth-order valence-electron chi connectivity index (χ4n) is 2.61. The lowest BCUT2D eigenvalue weighted by Gasteiger charge is -2.12. The third-order valence-corrected chi connectivity index (χ3v) is 4.39. The summed E-state index contributed by atoms with van der Waals surface area (Å²) in [6.45, 7) is 1.46. The fraction of sp³-hybridized carbons (Fsp3) is 0.0909. The van der Waals surface area contributed by atoms with Gasteiger partial charge in [-0.05, 0) is 37.3 Å². The minimum atomic E-state index is -1.02. The van der Waals surface area contributed by atoms with Gasteiger partial charge in [0.1, 0.15) is 6.07 Å². The van der Waals surface area contributed by atoms with E-state index in [1.165, 1.54) is 25.1 Å². The van der Waals surface area contributed by atoms with Crippen molar-refractivity contribution in [3.8, 4) is 6.07 Å². The Kier molecular flexibility index (Phi) is 6.22. The number of amides is 1. The van der Waals surface area contributed by atoms with Gasteiger partial charge in [0.05, 0.1) is 16.1 Å². The highest BCUT2D eigenvalue weighted by molar-refractivity contribution is 6.32. The molecule has 144 valence electrons. The average Bonchev–Trinajstić information content (AvgIpc) is 2.72. The number of nitrogens with one attached hydrogen (secondary N) is 1. The first-order valence-corrected chi connectivity index (χ1v) is 9.08. The number of nitrogens with zero attached hydrogens (tertiary/aromatic N) is 2. The van der Waals surface area contributed by atoms with Gasteiger partial charge >= 0.3 is 5.97 Å². The Bertz CT molecular complexity index is 1150. The van der Waals surface area contributed by atoms with E-state index in [9.17, 15) is 9.59 Å². The Morgan fingerprint density at radius 2 is 2.03 bits per heavy atom. The van der Waals surface area contributed by atoms with E-state index in [0.717, 1.165) is 16.5 Å². The molecule has 0 aliphatic heterocycles. The third kappa shape index (κ3) is 4.98. The Morgan fingerprint density at radius 3 is 2.79 bits per heavy atom. The van der Waals surface area contributed by atoms with Crippen LogP contribution < -0.4 is 5.32 Å². The van der Waals surface area contributed by atoms with Crippen LogP contribution in [0.1, 0.15) is 18.1 Å². The molecule has 0 aliphatic rings. The van der Waals surface area contributed by atoms with Crippen molar-refractivity contribution in [2.45, 2.75) is 13.0 Å². The van der Waals surface area contributed by atoms with E-state index in [1.54, 1.807) is 18.3 Å². The van der Waals surface area contributed by atoms with Gasteiger partial charge in [-0.1, -0.05) is 35.9 Å². The second-order valence-electron chi connectivity index (χ2n) is 6.13. The average molecular weight is 406 g/mol. The van der Waals surface area contributed by atoms with E-state index >= 15 is 0 Å². The SMILES string of the molecule is CC(OC(=O)C=Cc1cccc2cccnc12)C(=O)Nc1ccc(C#N)c(Cl)c1. The number of hydrogen-bond donors (Lipinski definition) is 1. The minimum Gasteiger partial charge on any atom is -0.449 e. The Labute approximate surface area is 172 Å². The van der Waals surface area contributed by atoms with Crippen LogP contribution in [0.3, 0.4) is 0 Å². The Balaban J connectivity index is 1.62. The number of para-hydroxylation sites is 1. The molecule has 2 aromatic carbocycles. The molecule has 0 radical (unpaired) electrons. The quantitative estimate of drug-likeness (QED) is 0.503. The Hall–Kier alpha value is -3.69. The zero-order valence-electron chi connectivity index (χ0n) is 15.4. The molecule has 1 N–H and O–H groups in total. The van der Waals surface area contributed by atoms with Gasteiger partial charge in [-0.2, -0.15) is 5.26 Å². The van der Waals surface area contributed by atoms with Crippen molar-refractivity contribution < 1.29 is 14.3 Å². The normalized spacial score (nSPS) is 11.8. The second-order valence-corrected chi connectivity index (χ2v) is 6.54. The van der Waals surface area contributed by atoms with Crippen molar-refractivity contribution in [2.24, 2.45) is 0 Å². The van der Waals surface area contributed by atoms with E-state index in [0.29, 0.717) is 11.3 Å². The van der Waals surface area contributed by atoms with E-state index < -0.39 is 18.0 Å². The van der Waals surface area contributed by atoms with E-state index in [2.05, 4.69) is 10.3 Å². The fourth-order valence-corrected chi connectivity index (χ4v) is 2.84. The van der Waals surface area contributed by atoms with Crippen LogP contribution in [-0.4, -0.2) is 23.0 Å². The molecule has 1 unspecified atom stereocenters. The molecular weight excluding hydrogens is 390 g/mol. The van der Waals surface area contributed by atoms with Gasteiger partial charge in [-0.25, -0.2) is 4.79 Å². The van der Waals surface area contributed by atoms with Crippen LogP contribution >= 0.6 is 11.6 Å². The van der Waals surface area contributed by atoms with Crippen LogP contribution in [0, 0.1) is 11.3 Å². The molecule has 1 heterocycles. The van der Waals surface area contributed by atoms with Gasteiger partial charge < -0.3 is 10.1 Å². The number of benzene rings is 2. The first kappa shape index (κ1) is 20.1. The number of rotatable bonds is 5. The van der Waals surface area contributed by atoms with Gasteiger partial charge in [0, 0.05) is 28.9 Å². The highest BCUT2D eigenvalue weighted by Crippen LogP contribution is 2.20. The summed E-state index contributed by atoms with van der Waals surface area (Å²) in [6, 6.07) is 15.8. The van der Waals surface area contributed by atoms with E-state index in [4.69, 9.17) is 21.6 Å². The molecule has 1 amide bonds. The molecule has 0 saturated heterocycles. The maximum atomic E-state index is 12.2. The van der Waals surface area contributed by atoms with E-state index in [1.807, 2.05) is 36.4 Å². The van der Waals surface area contributed by atoms with Gasteiger partial charge in [0.15, 0.2) is 6.10 Å². The number of pyridine rings is 1. The molecule has 0 aliphatic carbocycles. The number of fused-ring (bicyclic) bond motifs is 1. The summed E-state index contributed by atoms with van der Waals surface area (Å²) in [4.78, 5) is 28.6. The molecule has 6 nitrogen and oxygen atoms in total. The summed E-state index contributed by atoms with van der Waals surface area (Å²) in [5.41, 5.74) is 2.24. The largest absolute Gasteiger partial charge is 0.449 e. The number of aromatic nitrogens is 1. The summed E-state index contributed by atoms with van der Waals surface area (Å²) in [6.07, 6.45) is 3.51. The molecule has 0 fully saturated rings. The summed E-state index contributed by atoms with van der Waals surface area (Å²) >= 11 is 5.94. The maximum absolute atomic E-state index is 12.2. The molecule has 0 saturated carbocycles. The molecule has 7 heteroatoms. The molecular formula is C22H16ClN3O3. The zero-order chi connectivity index (χ0) is 20.8. The summed E-state index contributed by atoms with van der Waals surface area (Å²) in [5, 5.41) is 12.7. The molecule has 3 aromatic rings. The molecule has 29 heavy (non-hydrogen) atoms. The predicted octanol–water partition coefficient (Wildman–Crippen LogP) is 4.34. The number of esters is 1. The highest BCUT2D eigenvalue weighted by atomic mass is 35.5. The summed E-state index contributed by atoms with van der Waals surface area (Å²) in [5.74, 6) is -1.17. The van der Waals surface area contributed by atoms with Crippen molar-refractivity contribution in [1.82, 2.24) is 4.98 Å². The Morgan fingerprint density at radius 1 is 1.24 bits per heavy atom. The molecule has 0 bridgehead atoms. The van der Waals surface area contributed by atoms with E-state index in [-0.39, 0.29) is 5.02 Å². The van der Waals surface area contributed by atoms with Gasteiger partial charge in [0.2, 0.25) is 0 Å². The zero-order valence-corrected chi connectivity index (χ0v) is 16.2. The number of nitriles is 1. The van der Waals surface area contributed by atoms with Crippen LogP contribution in [0.2, 0.25) is 5.02 Å². The van der Waals surface area contributed by atoms with Gasteiger partial charge in [-0.15, -0.1) is 0 Å². The summed E-state index contributed by atoms with van der Waals surface area (Å²) < 4.78 is 5.15. The van der Waals surface area contributed by atoms with Crippen molar-refractivity contribution in [2.75, 3.05) is 5.32 Å². The number of halogens is 1.